The van der Waals surface area contributed by atoms with Crippen LogP contribution < -0.4 is 5.32 Å². The molecule has 0 spiro atoms. The Balaban J connectivity index is 2.81. The van der Waals surface area contributed by atoms with Gasteiger partial charge >= 0.3 is 0 Å². The number of rotatable bonds is 9. The quantitative estimate of drug-likeness (QED) is 0.643. The van der Waals surface area contributed by atoms with Gasteiger partial charge in [0.05, 0.1) is 0 Å². The summed E-state index contributed by atoms with van der Waals surface area (Å²) in [6.45, 7) is 15.1. The van der Waals surface area contributed by atoms with E-state index >= 15 is 0 Å². The van der Waals surface area contributed by atoms with Crippen molar-refractivity contribution in [3.05, 3.63) is 60.9 Å². The molecule has 1 N–H and O–H groups in total. The van der Waals surface area contributed by atoms with E-state index in [2.05, 4.69) is 56.1 Å². The van der Waals surface area contributed by atoms with Crippen LogP contribution in [0.15, 0.2) is 60.9 Å². The first-order valence-corrected chi connectivity index (χ1v) is 7.74. The van der Waals surface area contributed by atoms with Crippen LogP contribution in [0.2, 0.25) is 0 Å². The molecule has 1 aliphatic rings. The average molecular weight is 286 g/mol. The molecule has 0 saturated heterocycles. The van der Waals surface area contributed by atoms with Gasteiger partial charge in [-0.15, -0.1) is 6.58 Å². The van der Waals surface area contributed by atoms with Crippen LogP contribution in [0.4, 0.5) is 0 Å². The molecular weight excluding hydrogens is 256 g/mol. The first-order valence-electron chi connectivity index (χ1n) is 7.74. The minimum Gasteiger partial charge on any atom is -0.391 e. The van der Waals surface area contributed by atoms with Crippen molar-refractivity contribution >= 4 is 0 Å². The highest BCUT2D eigenvalue weighted by atomic mass is 15.1. The van der Waals surface area contributed by atoms with Gasteiger partial charge in [0.2, 0.25) is 0 Å². The topological polar surface area (TPSA) is 15.3 Å². The van der Waals surface area contributed by atoms with Crippen LogP contribution in [0, 0.1) is 5.92 Å². The molecule has 2 unspecified atom stereocenters. The summed E-state index contributed by atoms with van der Waals surface area (Å²) in [5, 5.41) is 3.20. The van der Waals surface area contributed by atoms with Crippen LogP contribution >= 0.6 is 0 Å². The van der Waals surface area contributed by atoms with Crippen molar-refractivity contribution in [1.29, 1.82) is 0 Å². The van der Waals surface area contributed by atoms with Gasteiger partial charge in [0.15, 0.2) is 0 Å². The number of nitrogens with zero attached hydrogens (tertiary/aromatic N) is 1. The minimum absolute atomic E-state index is 0.317. The van der Waals surface area contributed by atoms with Gasteiger partial charge in [-0.25, -0.2) is 0 Å². The van der Waals surface area contributed by atoms with Gasteiger partial charge in [-0.3, -0.25) is 4.90 Å². The number of allylic oxidation sites excluding steroid dienone is 4. The molecule has 2 atom stereocenters. The van der Waals surface area contributed by atoms with Crippen molar-refractivity contribution in [1.82, 2.24) is 10.2 Å². The second kappa shape index (κ2) is 8.68. The number of hydrogen-bond acceptors (Lipinski definition) is 2. The third-order valence-corrected chi connectivity index (χ3v) is 4.11. The molecule has 0 amide bonds. The van der Waals surface area contributed by atoms with E-state index < -0.39 is 0 Å². The van der Waals surface area contributed by atoms with E-state index in [0.29, 0.717) is 12.0 Å². The van der Waals surface area contributed by atoms with E-state index in [1.54, 1.807) is 0 Å². The second-order valence-electron chi connectivity index (χ2n) is 5.84. The molecule has 0 radical (unpaired) electrons. The maximum Gasteiger partial charge on any atom is 0.0492 e. The molecule has 2 nitrogen and oxygen atoms in total. The van der Waals surface area contributed by atoms with Crippen molar-refractivity contribution in [2.24, 2.45) is 5.92 Å². The fourth-order valence-electron chi connectivity index (χ4n) is 2.79. The van der Waals surface area contributed by atoms with Crippen molar-refractivity contribution < 1.29 is 0 Å². The highest BCUT2D eigenvalue weighted by molar-refractivity contribution is 5.42. The zero-order valence-electron chi connectivity index (χ0n) is 13.9. The van der Waals surface area contributed by atoms with Gasteiger partial charge in [-0.05, 0) is 43.4 Å². The monoisotopic (exact) mass is 286 g/mol. The molecular formula is C19H30N2. The third-order valence-electron chi connectivity index (χ3n) is 4.11. The predicted molar refractivity (Wildman–Crippen MR) is 94.2 cm³/mol. The van der Waals surface area contributed by atoms with Gasteiger partial charge in [0, 0.05) is 25.3 Å². The van der Waals surface area contributed by atoms with Crippen molar-refractivity contribution in [3.8, 4) is 0 Å². The molecule has 2 heteroatoms. The Morgan fingerprint density at radius 2 is 2.24 bits per heavy atom. The van der Waals surface area contributed by atoms with Gasteiger partial charge in [-0.2, -0.15) is 0 Å². The molecule has 0 saturated carbocycles. The third kappa shape index (κ3) is 5.05. The number of hydrogen-bond donors (Lipinski definition) is 1. The molecule has 1 rings (SSSR count). The van der Waals surface area contributed by atoms with Crippen LogP contribution in [0.25, 0.3) is 0 Å². The smallest absolute Gasteiger partial charge is 0.0492 e. The van der Waals surface area contributed by atoms with E-state index in [1.165, 1.54) is 11.1 Å². The summed E-state index contributed by atoms with van der Waals surface area (Å²) in [5.41, 5.74) is 3.71. The van der Waals surface area contributed by atoms with E-state index in [4.69, 9.17) is 0 Å². The lowest BCUT2D eigenvalue weighted by Gasteiger charge is -2.31. The Labute approximate surface area is 130 Å². The lowest BCUT2D eigenvalue weighted by atomic mass is 9.91. The molecule has 1 aliphatic carbocycles. The molecule has 0 aromatic rings. The van der Waals surface area contributed by atoms with E-state index in [9.17, 15) is 0 Å². The second-order valence-corrected chi connectivity index (χ2v) is 5.84. The molecule has 0 aromatic heterocycles. The Kier molecular flexibility index (Phi) is 7.24. The normalized spacial score (nSPS) is 19.5. The molecule has 0 heterocycles. The van der Waals surface area contributed by atoms with Crippen molar-refractivity contribution in [2.75, 3.05) is 20.6 Å². The molecule has 21 heavy (non-hydrogen) atoms. The average Bonchev–Trinajstić information content (AvgIpc) is 2.47. The lowest BCUT2D eigenvalue weighted by Crippen LogP contribution is -2.38. The van der Waals surface area contributed by atoms with E-state index in [0.717, 1.165) is 31.5 Å². The van der Waals surface area contributed by atoms with Crippen LogP contribution in [-0.2, 0) is 0 Å². The largest absolute Gasteiger partial charge is 0.391 e. The number of nitrogens with one attached hydrogen (secondary N) is 1. The summed E-state index contributed by atoms with van der Waals surface area (Å²) in [4.78, 5) is 2.36. The fourth-order valence-corrected chi connectivity index (χ4v) is 2.79. The van der Waals surface area contributed by atoms with E-state index in [-0.39, 0.29) is 0 Å². The Morgan fingerprint density at radius 1 is 1.52 bits per heavy atom. The summed E-state index contributed by atoms with van der Waals surface area (Å²) in [5.74, 6) is 0.608. The Bertz CT molecular complexity index is 442. The zero-order chi connectivity index (χ0) is 15.8. The number of likely N-dealkylation sites (N-methyl/N-ethyl adjacent to an activating group) is 2. The SMILES string of the molecule is C=CCCC(C(=C)NC)N(C)CC1=CC(C)CC=C1C=C. The maximum atomic E-state index is 4.15. The predicted octanol–water partition coefficient (Wildman–Crippen LogP) is 4.06. The van der Waals surface area contributed by atoms with Gasteiger partial charge < -0.3 is 5.32 Å². The summed E-state index contributed by atoms with van der Waals surface area (Å²) in [7, 11) is 4.10. The summed E-state index contributed by atoms with van der Waals surface area (Å²) in [6.07, 6.45) is 11.8. The lowest BCUT2D eigenvalue weighted by molar-refractivity contribution is 0.275. The highest BCUT2D eigenvalue weighted by Crippen LogP contribution is 2.25. The van der Waals surface area contributed by atoms with Crippen LogP contribution in [-0.4, -0.2) is 31.6 Å². The van der Waals surface area contributed by atoms with Gasteiger partial charge in [0.25, 0.3) is 0 Å². The van der Waals surface area contributed by atoms with Crippen LogP contribution in [0.3, 0.4) is 0 Å². The zero-order valence-corrected chi connectivity index (χ0v) is 13.9. The van der Waals surface area contributed by atoms with Crippen molar-refractivity contribution in [2.45, 2.75) is 32.2 Å². The first kappa shape index (κ1) is 17.5. The molecule has 0 aromatic carbocycles. The molecule has 116 valence electrons. The summed E-state index contributed by atoms with van der Waals surface area (Å²) in [6, 6.07) is 0.317. The minimum atomic E-state index is 0.317. The maximum absolute atomic E-state index is 4.15. The molecule has 0 aliphatic heterocycles. The van der Waals surface area contributed by atoms with E-state index in [1.807, 2.05) is 19.2 Å². The van der Waals surface area contributed by atoms with Gasteiger partial charge in [-0.1, -0.05) is 44.4 Å². The summed E-state index contributed by atoms with van der Waals surface area (Å²) < 4.78 is 0. The standard InChI is InChI=1S/C19H30N2/c1-7-9-10-19(16(4)20-5)21(6)14-18-13-15(3)11-12-17(18)8-2/h7-8,12-13,15,19-20H,1-2,4,9-11,14H2,3,5-6H3. The Morgan fingerprint density at radius 3 is 2.81 bits per heavy atom. The van der Waals surface area contributed by atoms with Gasteiger partial charge in [0.1, 0.15) is 0 Å². The molecule has 0 bridgehead atoms. The first-order chi connectivity index (χ1) is 10.0. The van der Waals surface area contributed by atoms with Crippen LogP contribution in [0.1, 0.15) is 26.2 Å². The summed E-state index contributed by atoms with van der Waals surface area (Å²) >= 11 is 0. The fraction of sp³-hybridized carbons (Fsp3) is 0.474. The molecule has 0 fully saturated rings. The highest BCUT2D eigenvalue weighted by Gasteiger charge is 2.20. The van der Waals surface area contributed by atoms with Crippen LogP contribution in [0.5, 0.6) is 0 Å². The Hall–Kier alpha value is -1.54. The van der Waals surface area contributed by atoms with Crippen molar-refractivity contribution in [3.63, 3.8) is 0 Å².